The molecule has 3 fully saturated rings. The van der Waals surface area contributed by atoms with E-state index in [0.29, 0.717) is 17.4 Å². The summed E-state index contributed by atoms with van der Waals surface area (Å²) in [6, 6.07) is 21.9. The number of hydrogen-bond acceptors (Lipinski definition) is 2. The summed E-state index contributed by atoms with van der Waals surface area (Å²) in [5.74, 6) is 0.442. The van der Waals surface area contributed by atoms with Crippen molar-refractivity contribution in [1.29, 1.82) is 0 Å². The second kappa shape index (κ2) is 7.95. The third kappa shape index (κ3) is 4.11. The van der Waals surface area contributed by atoms with Crippen LogP contribution in [0.25, 0.3) is 0 Å². The number of rotatable bonds is 5. The average molecular weight is 389 g/mol. The highest BCUT2D eigenvalue weighted by Gasteiger charge is 2.49. The third-order valence-corrected chi connectivity index (χ3v) is 7.39. The van der Waals surface area contributed by atoms with Crippen LogP contribution in [0.15, 0.2) is 60.7 Å². The van der Waals surface area contributed by atoms with Gasteiger partial charge in [-0.3, -0.25) is 4.79 Å². The minimum atomic E-state index is 0.0569. The number of nitrogens with zero attached hydrogens (tertiary/aromatic N) is 2. The molecule has 0 radical (unpaired) electrons. The van der Waals surface area contributed by atoms with Crippen LogP contribution in [0.5, 0.6) is 0 Å². The van der Waals surface area contributed by atoms with Gasteiger partial charge in [-0.1, -0.05) is 60.7 Å². The summed E-state index contributed by atoms with van der Waals surface area (Å²) in [7, 11) is 0. The molecule has 2 aromatic rings. The van der Waals surface area contributed by atoms with E-state index in [1.54, 1.807) is 0 Å². The number of likely N-dealkylation sites (tertiary alicyclic amines) is 2. The zero-order chi connectivity index (χ0) is 19.7. The van der Waals surface area contributed by atoms with Gasteiger partial charge in [-0.2, -0.15) is 0 Å². The van der Waals surface area contributed by atoms with Crippen molar-refractivity contribution in [2.24, 2.45) is 5.41 Å². The number of hydrogen-bond donors (Lipinski definition) is 0. The van der Waals surface area contributed by atoms with Crippen LogP contribution >= 0.6 is 0 Å². The van der Waals surface area contributed by atoms with E-state index in [1.165, 1.54) is 49.9 Å². The van der Waals surface area contributed by atoms with Crippen molar-refractivity contribution in [3.63, 3.8) is 0 Å². The summed E-state index contributed by atoms with van der Waals surface area (Å²) >= 11 is 0. The van der Waals surface area contributed by atoms with Crippen LogP contribution < -0.4 is 0 Å². The summed E-state index contributed by atoms with van der Waals surface area (Å²) in [6.45, 7) is 4.47. The molecule has 0 N–H and O–H groups in total. The highest BCUT2D eigenvalue weighted by atomic mass is 16.2. The first-order valence-corrected chi connectivity index (χ1v) is 11.3. The Morgan fingerprint density at radius 1 is 0.897 bits per heavy atom. The molecule has 0 aromatic heterocycles. The lowest BCUT2D eigenvalue weighted by atomic mass is 9.67. The topological polar surface area (TPSA) is 23.6 Å². The van der Waals surface area contributed by atoms with E-state index in [-0.39, 0.29) is 5.92 Å². The Morgan fingerprint density at radius 2 is 1.55 bits per heavy atom. The Morgan fingerprint density at radius 3 is 2.21 bits per heavy atom. The van der Waals surface area contributed by atoms with Crippen molar-refractivity contribution in [2.75, 3.05) is 26.2 Å². The molecular weight excluding hydrogens is 356 g/mol. The second-order valence-corrected chi connectivity index (χ2v) is 9.44. The minimum Gasteiger partial charge on any atom is -0.339 e. The third-order valence-electron chi connectivity index (χ3n) is 7.39. The van der Waals surface area contributed by atoms with Gasteiger partial charge in [0.25, 0.3) is 0 Å². The molecule has 1 spiro atoms. The molecule has 5 rings (SSSR count). The van der Waals surface area contributed by atoms with Gasteiger partial charge in [0, 0.05) is 19.1 Å². The van der Waals surface area contributed by atoms with E-state index in [0.717, 1.165) is 25.9 Å². The number of benzene rings is 2. The molecule has 2 aliphatic heterocycles. The molecule has 1 saturated carbocycles. The lowest BCUT2D eigenvalue weighted by Gasteiger charge is -2.50. The molecule has 3 nitrogen and oxygen atoms in total. The summed E-state index contributed by atoms with van der Waals surface area (Å²) in [5, 5.41) is 0. The highest BCUT2D eigenvalue weighted by Crippen LogP contribution is 2.48. The lowest BCUT2D eigenvalue weighted by molar-refractivity contribution is -0.142. The van der Waals surface area contributed by atoms with Crippen molar-refractivity contribution >= 4 is 5.91 Å². The highest BCUT2D eigenvalue weighted by molar-refractivity contribution is 5.85. The van der Waals surface area contributed by atoms with E-state index < -0.39 is 0 Å². The van der Waals surface area contributed by atoms with Gasteiger partial charge in [-0.05, 0) is 68.2 Å². The number of piperidine rings is 2. The summed E-state index contributed by atoms with van der Waals surface area (Å²) in [6.07, 6.45) is 7.01. The van der Waals surface area contributed by atoms with Crippen molar-refractivity contribution in [3.05, 3.63) is 71.8 Å². The molecule has 2 aromatic carbocycles. The van der Waals surface area contributed by atoms with Crippen molar-refractivity contribution in [1.82, 2.24) is 9.80 Å². The Balaban J connectivity index is 1.26. The second-order valence-electron chi connectivity index (χ2n) is 9.44. The smallest absolute Gasteiger partial charge is 0.230 e. The predicted octanol–water partition coefficient (Wildman–Crippen LogP) is 4.49. The molecule has 1 aliphatic carbocycles. The van der Waals surface area contributed by atoms with Crippen LogP contribution in [0.2, 0.25) is 0 Å². The van der Waals surface area contributed by atoms with Gasteiger partial charge < -0.3 is 9.80 Å². The maximum Gasteiger partial charge on any atom is 0.230 e. The Labute approximate surface area is 174 Å². The normalized spacial score (nSPS) is 24.8. The minimum absolute atomic E-state index is 0.0569. The first-order valence-electron chi connectivity index (χ1n) is 11.3. The van der Waals surface area contributed by atoms with Crippen LogP contribution in [0, 0.1) is 5.41 Å². The number of amides is 1. The predicted molar refractivity (Wildman–Crippen MR) is 117 cm³/mol. The van der Waals surface area contributed by atoms with Crippen LogP contribution in [0.3, 0.4) is 0 Å². The first-order chi connectivity index (χ1) is 14.2. The molecule has 3 heteroatoms. The van der Waals surface area contributed by atoms with Gasteiger partial charge in [0.2, 0.25) is 5.91 Å². The largest absolute Gasteiger partial charge is 0.339 e. The van der Waals surface area contributed by atoms with E-state index in [2.05, 4.69) is 70.5 Å². The zero-order valence-corrected chi connectivity index (χ0v) is 17.3. The number of carbonyl (C=O) groups is 1. The molecule has 3 aliphatic rings. The van der Waals surface area contributed by atoms with Crippen LogP contribution in [0.4, 0.5) is 0 Å². The van der Waals surface area contributed by atoms with Gasteiger partial charge in [0.1, 0.15) is 0 Å². The fourth-order valence-electron chi connectivity index (χ4n) is 5.41. The van der Waals surface area contributed by atoms with Gasteiger partial charge in [0.05, 0.1) is 5.92 Å². The van der Waals surface area contributed by atoms with E-state index in [1.807, 2.05) is 0 Å². The molecule has 0 unspecified atom stereocenters. The molecule has 1 amide bonds. The van der Waals surface area contributed by atoms with Crippen LogP contribution in [-0.2, 0) is 11.2 Å². The maximum absolute atomic E-state index is 13.3. The summed E-state index contributed by atoms with van der Waals surface area (Å²) in [5.41, 5.74) is 2.95. The lowest BCUT2D eigenvalue weighted by Crippen LogP contribution is -2.54. The average Bonchev–Trinajstić information content (AvgIpc) is 3.62. The SMILES string of the molecule is O=C1[C@@H](c2ccccc2)CC2(CCN(CCc3ccccc3)CC2)CN1C1CC1. The van der Waals surface area contributed by atoms with Gasteiger partial charge in [0.15, 0.2) is 0 Å². The molecular formula is C26H32N2O. The first kappa shape index (κ1) is 18.9. The Hall–Kier alpha value is -2.13. The molecule has 29 heavy (non-hydrogen) atoms. The Kier molecular flexibility index (Phi) is 5.17. The van der Waals surface area contributed by atoms with Crippen molar-refractivity contribution in [3.8, 4) is 0 Å². The van der Waals surface area contributed by atoms with E-state index >= 15 is 0 Å². The van der Waals surface area contributed by atoms with Crippen molar-refractivity contribution in [2.45, 2.75) is 50.5 Å². The van der Waals surface area contributed by atoms with E-state index in [9.17, 15) is 4.79 Å². The van der Waals surface area contributed by atoms with Crippen LogP contribution in [0.1, 0.15) is 49.1 Å². The Bertz CT molecular complexity index is 822. The summed E-state index contributed by atoms with van der Waals surface area (Å²) in [4.78, 5) is 18.2. The van der Waals surface area contributed by atoms with Gasteiger partial charge >= 0.3 is 0 Å². The standard InChI is InChI=1S/C26H32N2O/c29-25-24(22-9-5-2-6-10-22)19-26(20-28(25)23-11-12-23)14-17-27(18-15-26)16-13-21-7-3-1-4-8-21/h1-10,23-24H,11-20H2/t24-/m1/s1. The fraction of sp³-hybridized carbons (Fsp3) is 0.500. The molecule has 152 valence electrons. The van der Waals surface area contributed by atoms with Gasteiger partial charge in [-0.15, -0.1) is 0 Å². The zero-order valence-electron chi connectivity index (χ0n) is 17.3. The maximum atomic E-state index is 13.3. The molecule has 0 bridgehead atoms. The van der Waals surface area contributed by atoms with Crippen molar-refractivity contribution < 1.29 is 4.79 Å². The molecule has 2 saturated heterocycles. The fourth-order valence-corrected chi connectivity index (χ4v) is 5.41. The van der Waals surface area contributed by atoms with Crippen LogP contribution in [-0.4, -0.2) is 47.9 Å². The quantitative estimate of drug-likeness (QED) is 0.753. The molecule has 2 heterocycles. The summed E-state index contributed by atoms with van der Waals surface area (Å²) < 4.78 is 0. The number of carbonyl (C=O) groups excluding carboxylic acids is 1. The van der Waals surface area contributed by atoms with Gasteiger partial charge in [-0.25, -0.2) is 0 Å². The monoisotopic (exact) mass is 388 g/mol. The van der Waals surface area contributed by atoms with E-state index in [4.69, 9.17) is 0 Å². The molecule has 1 atom stereocenters.